The van der Waals surface area contributed by atoms with Crippen LogP contribution in [-0.4, -0.2) is 44.3 Å². The Morgan fingerprint density at radius 1 is 1.17 bits per heavy atom. The number of amides is 1. The molecule has 0 atom stereocenters. The van der Waals surface area contributed by atoms with Gasteiger partial charge in [-0.05, 0) is 36.4 Å². The van der Waals surface area contributed by atoms with E-state index >= 15 is 0 Å². The Kier molecular flexibility index (Phi) is 4.73. The Balaban J connectivity index is 1.71. The summed E-state index contributed by atoms with van der Waals surface area (Å²) in [5.41, 5.74) is 1.10. The number of nitrogens with one attached hydrogen (secondary N) is 1. The molecule has 1 saturated heterocycles. The van der Waals surface area contributed by atoms with Crippen molar-refractivity contribution in [2.24, 2.45) is 0 Å². The van der Waals surface area contributed by atoms with E-state index in [4.69, 9.17) is 9.47 Å². The third-order valence-corrected chi connectivity index (χ3v) is 3.65. The van der Waals surface area contributed by atoms with Crippen LogP contribution in [0.4, 0.5) is 11.5 Å². The average Bonchev–Trinajstić information content (AvgIpc) is 2.63. The lowest BCUT2D eigenvalue weighted by molar-refractivity contribution is 0.102. The van der Waals surface area contributed by atoms with Gasteiger partial charge in [-0.3, -0.25) is 4.79 Å². The van der Waals surface area contributed by atoms with E-state index in [-0.39, 0.29) is 5.91 Å². The number of pyridine rings is 1. The molecule has 0 radical (unpaired) electrons. The van der Waals surface area contributed by atoms with Crippen molar-refractivity contribution in [1.29, 1.82) is 0 Å². The Morgan fingerprint density at radius 2 is 1.91 bits per heavy atom. The van der Waals surface area contributed by atoms with E-state index in [1.54, 1.807) is 37.4 Å². The molecule has 3 rings (SSSR count). The maximum absolute atomic E-state index is 12.4. The van der Waals surface area contributed by atoms with Crippen molar-refractivity contribution >= 4 is 17.4 Å². The molecule has 23 heavy (non-hydrogen) atoms. The molecule has 1 fully saturated rings. The predicted octanol–water partition coefficient (Wildman–Crippen LogP) is 2.18. The van der Waals surface area contributed by atoms with Crippen LogP contribution in [-0.2, 0) is 4.74 Å². The molecular formula is C17H19N3O3. The normalized spacial score (nSPS) is 14.4. The number of carbonyl (C=O) groups excluding carboxylic acids is 1. The van der Waals surface area contributed by atoms with Crippen molar-refractivity contribution in [2.75, 3.05) is 43.6 Å². The summed E-state index contributed by atoms with van der Waals surface area (Å²) in [6.45, 7) is 2.95. The number of aromatic nitrogens is 1. The summed E-state index contributed by atoms with van der Waals surface area (Å²) in [7, 11) is 1.61. The summed E-state index contributed by atoms with van der Waals surface area (Å²) < 4.78 is 10.4. The number of hydrogen-bond acceptors (Lipinski definition) is 5. The summed E-state index contributed by atoms with van der Waals surface area (Å²) in [6.07, 6.45) is 0. The van der Waals surface area contributed by atoms with Gasteiger partial charge in [0, 0.05) is 18.8 Å². The van der Waals surface area contributed by atoms with Gasteiger partial charge in [0.15, 0.2) is 0 Å². The van der Waals surface area contributed by atoms with Gasteiger partial charge in [-0.25, -0.2) is 4.98 Å². The van der Waals surface area contributed by atoms with Gasteiger partial charge in [0.05, 0.1) is 20.3 Å². The largest absolute Gasteiger partial charge is 0.497 e. The smallest absolute Gasteiger partial charge is 0.274 e. The summed E-state index contributed by atoms with van der Waals surface area (Å²) in [4.78, 5) is 18.9. The van der Waals surface area contributed by atoms with E-state index in [1.165, 1.54) is 0 Å². The molecule has 6 heteroatoms. The van der Waals surface area contributed by atoms with Crippen LogP contribution in [0, 0.1) is 0 Å². The Morgan fingerprint density at radius 3 is 2.61 bits per heavy atom. The van der Waals surface area contributed by atoms with Gasteiger partial charge in [0.25, 0.3) is 5.91 Å². The minimum Gasteiger partial charge on any atom is -0.497 e. The van der Waals surface area contributed by atoms with Gasteiger partial charge >= 0.3 is 0 Å². The van der Waals surface area contributed by atoms with Crippen LogP contribution in [0.3, 0.4) is 0 Å². The quantitative estimate of drug-likeness (QED) is 0.937. The van der Waals surface area contributed by atoms with Gasteiger partial charge < -0.3 is 19.7 Å². The van der Waals surface area contributed by atoms with Gasteiger partial charge in [-0.15, -0.1) is 0 Å². The molecule has 1 aliphatic heterocycles. The fourth-order valence-corrected chi connectivity index (χ4v) is 2.39. The van der Waals surface area contributed by atoms with Crippen molar-refractivity contribution in [3.8, 4) is 5.75 Å². The minimum atomic E-state index is -0.231. The molecule has 1 aromatic heterocycles. The molecule has 1 aromatic carbocycles. The summed E-state index contributed by atoms with van der Waals surface area (Å²) >= 11 is 0. The second-order valence-electron chi connectivity index (χ2n) is 5.16. The monoisotopic (exact) mass is 313 g/mol. The van der Waals surface area contributed by atoms with Crippen LogP contribution in [0.25, 0.3) is 0 Å². The first-order chi connectivity index (χ1) is 11.3. The molecule has 1 N–H and O–H groups in total. The van der Waals surface area contributed by atoms with E-state index in [0.29, 0.717) is 24.6 Å². The standard InChI is InChI=1S/C17H19N3O3/c1-22-14-7-5-13(6-8-14)18-17(21)15-3-2-4-16(19-15)20-9-11-23-12-10-20/h2-8H,9-12H2,1H3,(H,18,21). The molecule has 120 valence electrons. The molecule has 1 aliphatic rings. The fraction of sp³-hybridized carbons (Fsp3) is 0.294. The minimum absolute atomic E-state index is 0.231. The SMILES string of the molecule is COc1ccc(NC(=O)c2cccc(N3CCOCC3)n2)cc1. The number of nitrogens with zero attached hydrogens (tertiary/aromatic N) is 2. The second kappa shape index (κ2) is 7.11. The average molecular weight is 313 g/mol. The summed E-state index contributed by atoms with van der Waals surface area (Å²) in [5.74, 6) is 1.32. The predicted molar refractivity (Wildman–Crippen MR) is 88.2 cm³/mol. The maximum atomic E-state index is 12.4. The van der Waals surface area contributed by atoms with Gasteiger partial charge in [-0.2, -0.15) is 0 Å². The van der Waals surface area contributed by atoms with Crippen molar-refractivity contribution in [3.05, 3.63) is 48.2 Å². The highest BCUT2D eigenvalue weighted by Gasteiger charge is 2.15. The lowest BCUT2D eigenvalue weighted by Crippen LogP contribution is -2.37. The first-order valence-electron chi connectivity index (χ1n) is 7.51. The molecule has 0 unspecified atom stereocenters. The molecule has 2 heterocycles. The zero-order chi connectivity index (χ0) is 16.1. The van der Waals surface area contributed by atoms with Gasteiger partial charge in [0.2, 0.25) is 0 Å². The van der Waals surface area contributed by atoms with Crippen LogP contribution in [0.15, 0.2) is 42.5 Å². The zero-order valence-corrected chi connectivity index (χ0v) is 13.0. The lowest BCUT2D eigenvalue weighted by atomic mass is 10.2. The zero-order valence-electron chi connectivity index (χ0n) is 13.0. The van der Waals surface area contributed by atoms with Crippen LogP contribution in [0.2, 0.25) is 0 Å². The number of ether oxygens (including phenoxy) is 2. The van der Waals surface area contributed by atoms with E-state index in [0.717, 1.165) is 24.7 Å². The second-order valence-corrected chi connectivity index (χ2v) is 5.16. The molecule has 0 saturated carbocycles. The third kappa shape index (κ3) is 3.78. The first-order valence-corrected chi connectivity index (χ1v) is 7.51. The Hall–Kier alpha value is -2.60. The molecule has 2 aromatic rings. The van der Waals surface area contributed by atoms with Crippen molar-refractivity contribution in [1.82, 2.24) is 4.98 Å². The highest BCUT2D eigenvalue weighted by molar-refractivity contribution is 6.03. The number of anilines is 2. The highest BCUT2D eigenvalue weighted by atomic mass is 16.5. The van der Waals surface area contributed by atoms with E-state index in [9.17, 15) is 4.79 Å². The van der Waals surface area contributed by atoms with Crippen molar-refractivity contribution in [2.45, 2.75) is 0 Å². The fourth-order valence-electron chi connectivity index (χ4n) is 2.39. The number of hydrogen-bond donors (Lipinski definition) is 1. The van der Waals surface area contributed by atoms with E-state index < -0.39 is 0 Å². The van der Waals surface area contributed by atoms with Crippen LogP contribution < -0.4 is 15.0 Å². The van der Waals surface area contributed by atoms with Crippen molar-refractivity contribution in [3.63, 3.8) is 0 Å². The van der Waals surface area contributed by atoms with Crippen LogP contribution >= 0.6 is 0 Å². The molecule has 0 spiro atoms. The van der Waals surface area contributed by atoms with E-state index in [2.05, 4.69) is 15.2 Å². The molecule has 1 amide bonds. The number of rotatable bonds is 4. The number of carbonyl (C=O) groups is 1. The van der Waals surface area contributed by atoms with Gasteiger partial charge in [0.1, 0.15) is 17.3 Å². The lowest BCUT2D eigenvalue weighted by Gasteiger charge is -2.27. The molecule has 0 bridgehead atoms. The van der Waals surface area contributed by atoms with Crippen LogP contribution in [0.1, 0.15) is 10.5 Å². The van der Waals surface area contributed by atoms with Gasteiger partial charge in [-0.1, -0.05) is 6.07 Å². The van der Waals surface area contributed by atoms with E-state index in [1.807, 2.05) is 12.1 Å². The van der Waals surface area contributed by atoms with Crippen molar-refractivity contribution < 1.29 is 14.3 Å². The topological polar surface area (TPSA) is 63.7 Å². The summed E-state index contributed by atoms with van der Waals surface area (Å²) in [6, 6.07) is 12.7. The third-order valence-electron chi connectivity index (χ3n) is 3.65. The number of morpholine rings is 1. The molecule has 6 nitrogen and oxygen atoms in total. The molecule has 0 aliphatic carbocycles. The Labute approximate surface area is 135 Å². The number of benzene rings is 1. The maximum Gasteiger partial charge on any atom is 0.274 e. The van der Waals surface area contributed by atoms with Crippen LogP contribution in [0.5, 0.6) is 5.75 Å². The Bertz CT molecular complexity index is 667. The first kappa shape index (κ1) is 15.3. The highest BCUT2D eigenvalue weighted by Crippen LogP contribution is 2.17. The molecular weight excluding hydrogens is 294 g/mol. The summed E-state index contributed by atoms with van der Waals surface area (Å²) in [5, 5.41) is 2.84. The number of methoxy groups -OCH3 is 1.